The maximum absolute atomic E-state index is 11.3. The molecular formula is C11H11BrN2O3. The van der Waals surface area contributed by atoms with E-state index in [9.17, 15) is 9.59 Å². The molecular weight excluding hydrogens is 288 g/mol. The fourth-order valence-corrected chi connectivity index (χ4v) is 1.45. The van der Waals surface area contributed by atoms with Crippen LogP contribution in [0, 0.1) is 5.92 Å². The number of amides is 2. The Labute approximate surface area is 107 Å². The molecule has 17 heavy (non-hydrogen) atoms. The van der Waals surface area contributed by atoms with Crippen LogP contribution >= 0.6 is 15.9 Å². The first-order valence-corrected chi connectivity index (χ1v) is 5.98. The first-order valence-electron chi connectivity index (χ1n) is 5.18. The Morgan fingerprint density at radius 1 is 1.24 bits per heavy atom. The third-order valence-corrected chi connectivity index (χ3v) is 2.79. The number of rotatable bonds is 2. The van der Waals surface area contributed by atoms with Gasteiger partial charge < -0.3 is 10.2 Å². The average molecular weight is 299 g/mol. The van der Waals surface area contributed by atoms with Crippen LogP contribution in [0.5, 0.6) is 0 Å². The van der Waals surface area contributed by atoms with Crippen LogP contribution < -0.4 is 10.8 Å². The highest BCUT2D eigenvalue weighted by atomic mass is 79.9. The summed E-state index contributed by atoms with van der Waals surface area (Å²) in [5, 5.41) is 2.54. The van der Waals surface area contributed by atoms with E-state index in [0.29, 0.717) is 5.69 Å². The lowest BCUT2D eigenvalue weighted by atomic mass is 10.3. The van der Waals surface area contributed by atoms with Gasteiger partial charge in [0, 0.05) is 10.2 Å². The molecule has 1 aromatic rings. The van der Waals surface area contributed by atoms with E-state index >= 15 is 0 Å². The number of carbonyl (C=O) groups excluding carboxylic acids is 2. The molecule has 1 aliphatic rings. The van der Waals surface area contributed by atoms with Gasteiger partial charge in [0.25, 0.3) is 0 Å². The average Bonchev–Trinajstić information content (AvgIpc) is 3.13. The second-order valence-corrected chi connectivity index (χ2v) is 4.67. The van der Waals surface area contributed by atoms with E-state index in [1.807, 2.05) is 0 Å². The lowest BCUT2D eigenvalue weighted by Gasteiger charge is -2.07. The van der Waals surface area contributed by atoms with Crippen molar-refractivity contribution in [1.29, 1.82) is 0 Å². The number of benzene rings is 1. The van der Waals surface area contributed by atoms with E-state index < -0.39 is 6.03 Å². The fourth-order valence-electron chi connectivity index (χ4n) is 1.19. The van der Waals surface area contributed by atoms with Crippen LogP contribution in [0.1, 0.15) is 12.8 Å². The van der Waals surface area contributed by atoms with Crippen LogP contribution in [-0.4, -0.2) is 12.0 Å². The molecule has 0 radical (unpaired) electrons. The molecule has 0 aliphatic heterocycles. The van der Waals surface area contributed by atoms with Crippen molar-refractivity contribution < 1.29 is 14.4 Å². The third-order valence-electron chi connectivity index (χ3n) is 2.26. The van der Waals surface area contributed by atoms with Gasteiger partial charge in [0.05, 0.1) is 5.92 Å². The predicted octanol–water partition coefficient (Wildman–Crippen LogP) is 2.44. The maximum Gasteiger partial charge on any atom is 0.352 e. The second kappa shape index (κ2) is 5.18. The summed E-state index contributed by atoms with van der Waals surface area (Å²) < 4.78 is 0.920. The van der Waals surface area contributed by atoms with Crippen molar-refractivity contribution in [1.82, 2.24) is 5.48 Å². The van der Waals surface area contributed by atoms with Crippen molar-refractivity contribution in [2.45, 2.75) is 12.8 Å². The minimum atomic E-state index is -0.568. The zero-order valence-corrected chi connectivity index (χ0v) is 10.5. The molecule has 2 N–H and O–H groups in total. The van der Waals surface area contributed by atoms with Gasteiger partial charge >= 0.3 is 12.0 Å². The van der Waals surface area contributed by atoms with Crippen molar-refractivity contribution in [3.05, 3.63) is 28.7 Å². The molecule has 0 aromatic heterocycles. The first kappa shape index (κ1) is 11.9. The van der Waals surface area contributed by atoms with E-state index in [-0.39, 0.29) is 11.9 Å². The summed E-state index contributed by atoms with van der Waals surface area (Å²) in [7, 11) is 0. The molecule has 0 spiro atoms. The molecule has 0 unspecified atom stereocenters. The number of urea groups is 1. The minimum absolute atomic E-state index is 0.0389. The van der Waals surface area contributed by atoms with E-state index in [2.05, 4.69) is 31.6 Å². The number of nitrogens with one attached hydrogen (secondary N) is 2. The van der Waals surface area contributed by atoms with Crippen LogP contribution in [0.15, 0.2) is 28.7 Å². The molecule has 0 atom stereocenters. The quantitative estimate of drug-likeness (QED) is 0.824. The van der Waals surface area contributed by atoms with Crippen molar-refractivity contribution in [2.24, 2.45) is 5.92 Å². The Morgan fingerprint density at radius 3 is 2.47 bits per heavy atom. The Hall–Kier alpha value is -1.56. The summed E-state index contributed by atoms with van der Waals surface area (Å²) in [4.78, 5) is 27.1. The van der Waals surface area contributed by atoms with Gasteiger partial charge in [-0.2, -0.15) is 5.48 Å². The number of hydrogen-bond donors (Lipinski definition) is 2. The largest absolute Gasteiger partial charge is 0.352 e. The van der Waals surface area contributed by atoms with E-state index in [0.717, 1.165) is 17.3 Å². The standard InChI is InChI=1S/C11H11BrN2O3/c12-8-3-5-9(6-4-8)13-11(16)14-17-10(15)7-1-2-7/h3-7H,1-2H2,(H2,13,14,16). The molecule has 0 saturated heterocycles. The maximum atomic E-state index is 11.3. The lowest BCUT2D eigenvalue weighted by Crippen LogP contribution is -2.31. The molecule has 1 fully saturated rings. The predicted molar refractivity (Wildman–Crippen MR) is 65.1 cm³/mol. The van der Waals surface area contributed by atoms with Gasteiger partial charge in [-0.05, 0) is 37.1 Å². The van der Waals surface area contributed by atoms with Crippen LogP contribution in [0.4, 0.5) is 10.5 Å². The van der Waals surface area contributed by atoms with Crippen molar-refractivity contribution in [3.8, 4) is 0 Å². The van der Waals surface area contributed by atoms with Crippen molar-refractivity contribution in [2.75, 3.05) is 5.32 Å². The first-order chi connectivity index (χ1) is 8.15. The molecule has 0 heterocycles. The highest BCUT2D eigenvalue weighted by Crippen LogP contribution is 2.29. The van der Waals surface area contributed by atoms with Gasteiger partial charge in [0.1, 0.15) is 0 Å². The summed E-state index contributed by atoms with van der Waals surface area (Å²) in [6.07, 6.45) is 1.68. The normalized spacial score (nSPS) is 13.9. The topological polar surface area (TPSA) is 67.4 Å². The van der Waals surface area contributed by atoms with Gasteiger partial charge in [-0.25, -0.2) is 9.59 Å². The van der Waals surface area contributed by atoms with Crippen molar-refractivity contribution in [3.63, 3.8) is 0 Å². The number of hydroxylamine groups is 1. The monoisotopic (exact) mass is 298 g/mol. The molecule has 2 rings (SSSR count). The van der Waals surface area contributed by atoms with Crippen LogP contribution in [0.2, 0.25) is 0 Å². The number of hydrogen-bond acceptors (Lipinski definition) is 3. The van der Waals surface area contributed by atoms with Crippen LogP contribution in [0.25, 0.3) is 0 Å². The summed E-state index contributed by atoms with van der Waals surface area (Å²) in [6, 6.07) is 6.48. The SMILES string of the molecule is O=C(NOC(=O)C1CC1)Nc1ccc(Br)cc1. The zero-order valence-electron chi connectivity index (χ0n) is 8.90. The summed E-state index contributed by atoms with van der Waals surface area (Å²) in [5.74, 6) is -0.418. The minimum Gasteiger partial charge on any atom is -0.339 e. The van der Waals surface area contributed by atoms with Gasteiger partial charge in [-0.3, -0.25) is 0 Å². The van der Waals surface area contributed by atoms with E-state index in [1.54, 1.807) is 24.3 Å². The summed E-state index contributed by atoms with van der Waals surface area (Å²) >= 11 is 3.29. The van der Waals surface area contributed by atoms with E-state index in [1.165, 1.54) is 0 Å². The van der Waals surface area contributed by atoms with Gasteiger partial charge in [0.15, 0.2) is 0 Å². The van der Waals surface area contributed by atoms with Gasteiger partial charge in [0.2, 0.25) is 0 Å². The summed E-state index contributed by atoms with van der Waals surface area (Å²) in [6.45, 7) is 0. The molecule has 90 valence electrons. The summed E-state index contributed by atoms with van der Waals surface area (Å²) in [5.41, 5.74) is 2.67. The number of carbonyl (C=O) groups is 2. The van der Waals surface area contributed by atoms with E-state index in [4.69, 9.17) is 0 Å². The lowest BCUT2D eigenvalue weighted by molar-refractivity contribution is -0.150. The van der Waals surface area contributed by atoms with Crippen LogP contribution in [-0.2, 0) is 9.63 Å². The Bertz CT molecular complexity index is 429. The molecule has 2 amide bonds. The smallest absolute Gasteiger partial charge is 0.339 e. The number of halogens is 1. The third kappa shape index (κ3) is 3.74. The highest BCUT2D eigenvalue weighted by Gasteiger charge is 2.32. The van der Waals surface area contributed by atoms with Gasteiger partial charge in [-0.15, -0.1) is 0 Å². The second-order valence-electron chi connectivity index (χ2n) is 3.76. The molecule has 5 nitrogen and oxygen atoms in total. The molecule has 1 saturated carbocycles. The fraction of sp³-hybridized carbons (Fsp3) is 0.273. The van der Waals surface area contributed by atoms with Crippen LogP contribution in [0.3, 0.4) is 0 Å². The van der Waals surface area contributed by atoms with Crippen molar-refractivity contribution >= 4 is 33.6 Å². The Balaban J connectivity index is 1.76. The molecule has 6 heteroatoms. The Morgan fingerprint density at radius 2 is 1.88 bits per heavy atom. The Kier molecular flexibility index (Phi) is 3.63. The number of anilines is 1. The molecule has 1 aliphatic carbocycles. The zero-order chi connectivity index (χ0) is 12.3. The molecule has 0 bridgehead atoms. The van der Waals surface area contributed by atoms with Gasteiger partial charge in [-0.1, -0.05) is 15.9 Å². The molecule has 1 aromatic carbocycles. The highest BCUT2D eigenvalue weighted by molar-refractivity contribution is 9.10.